The van der Waals surface area contributed by atoms with Crippen molar-refractivity contribution >= 4 is 34.1 Å². The number of aromatic amines is 1. The summed E-state index contributed by atoms with van der Waals surface area (Å²) < 4.78 is 5.65. The van der Waals surface area contributed by atoms with Crippen LogP contribution < -0.4 is 5.63 Å². The first kappa shape index (κ1) is 10.2. The van der Waals surface area contributed by atoms with Gasteiger partial charge in [-0.05, 0) is 30.8 Å². The van der Waals surface area contributed by atoms with Gasteiger partial charge in [-0.3, -0.25) is 0 Å². The van der Waals surface area contributed by atoms with E-state index in [-0.39, 0.29) is 0 Å². The molecular formula is C12H8N2O2S. The lowest BCUT2D eigenvalue weighted by atomic mass is 10.1. The van der Waals surface area contributed by atoms with E-state index in [2.05, 4.69) is 9.97 Å². The summed E-state index contributed by atoms with van der Waals surface area (Å²) in [6.45, 7) is 1.90. The van der Waals surface area contributed by atoms with Crippen LogP contribution in [0.2, 0.25) is 0 Å². The van der Waals surface area contributed by atoms with E-state index in [1.54, 1.807) is 0 Å². The lowest BCUT2D eigenvalue weighted by Gasteiger charge is -2.03. The number of aryl methyl sites for hydroxylation is 1. The van der Waals surface area contributed by atoms with E-state index in [0.717, 1.165) is 10.9 Å². The van der Waals surface area contributed by atoms with E-state index >= 15 is 0 Å². The summed E-state index contributed by atoms with van der Waals surface area (Å²) in [6.07, 6.45) is 1.45. The molecular weight excluding hydrogens is 236 g/mol. The Balaban J connectivity index is 2.72. The number of H-pyrrole nitrogens is 1. The van der Waals surface area contributed by atoms with Crippen molar-refractivity contribution in [2.75, 3.05) is 0 Å². The summed E-state index contributed by atoms with van der Waals surface area (Å²) in [4.78, 5) is 18.6. The molecule has 1 N–H and O–H groups in total. The molecule has 1 aromatic carbocycles. The van der Waals surface area contributed by atoms with Gasteiger partial charge in [-0.2, -0.15) is 0 Å². The molecule has 0 saturated heterocycles. The molecule has 2 aromatic heterocycles. The Morgan fingerprint density at radius 1 is 1.35 bits per heavy atom. The number of hydrogen-bond donors (Lipinski definition) is 1. The molecule has 0 aliphatic carbocycles. The van der Waals surface area contributed by atoms with Crippen LogP contribution >= 0.6 is 12.2 Å². The first-order valence-corrected chi connectivity index (χ1v) is 5.49. The van der Waals surface area contributed by atoms with Crippen LogP contribution in [0.4, 0.5) is 0 Å². The Hall–Kier alpha value is -2.01. The van der Waals surface area contributed by atoms with Gasteiger partial charge in [0.05, 0.1) is 5.52 Å². The number of aromatic nitrogens is 2. The van der Waals surface area contributed by atoms with Crippen LogP contribution in [0.1, 0.15) is 5.56 Å². The molecule has 0 unspecified atom stereocenters. The fraction of sp³-hybridized carbons (Fsp3) is 0.0833. The third-order valence-corrected chi connectivity index (χ3v) is 2.92. The predicted octanol–water partition coefficient (Wildman–Crippen LogP) is 2.71. The molecule has 0 amide bonds. The van der Waals surface area contributed by atoms with Crippen molar-refractivity contribution in [1.82, 2.24) is 9.97 Å². The Morgan fingerprint density at radius 3 is 3.00 bits per heavy atom. The van der Waals surface area contributed by atoms with E-state index in [9.17, 15) is 4.79 Å². The second-order valence-electron chi connectivity index (χ2n) is 3.82. The Kier molecular flexibility index (Phi) is 2.09. The zero-order chi connectivity index (χ0) is 12.0. The number of rotatable bonds is 0. The smallest absolute Gasteiger partial charge is 0.347 e. The molecule has 0 aliphatic rings. The topological polar surface area (TPSA) is 58.9 Å². The number of benzene rings is 1. The average molecular weight is 244 g/mol. The van der Waals surface area contributed by atoms with E-state index < -0.39 is 5.63 Å². The average Bonchev–Trinajstić information content (AvgIpc) is 2.31. The summed E-state index contributed by atoms with van der Waals surface area (Å²) in [5.41, 5.74) is 1.78. The highest BCUT2D eigenvalue weighted by atomic mass is 32.1. The van der Waals surface area contributed by atoms with Crippen molar-refractivity contribution in [2.45, 2.75) is 6.92 Å². The van der Waals surface area contributed by atoms with Crippen LogP contribution in [0, 0.1) is 11.7 Å². The van der Waals surface area contributed by atoms with Gasteiger partial charge in [0.25, 0.3) is 0 Å². The number of nitrogens with zero attached hydrogens (tertiary/aromatic N) is 1. The zero-order valence-electron chi connectivity index (χ0n) is 8.98. The standard InChI is InChI=1S/C12H8N2O2S/c1-6-3-2-4-7-9-8(5-13-12(17)14-9)11(15)16-10(6)7/h2-5H,1H3,(H,13,14,17). The highest BCUT2D eigenvalue weighted by molar-refractivity contribution is 7.71. The van der Waals surface area contributed by atoms with Gasteiger partial charge in [0, 0.05) is 11.6 Å². The number of fused-ring (bicyclic) bond motifs is 3. The van der Waals surface area contributed by atoms with Crippen LogP contribution in [-0.4, -0.2) is 9.97 Å². The minimum absolute atomic E-state index is 0.353. The first-order valence-electron chi connectivity index (χ1n) is 5.08. The van der Waals surface area contributed by atoms with Crippen LogP contribution in [-0.2, 0) is 0 Å². The zero-order valence-corrected chi connectivity index (χ0v) is 9.80. The molecule has 0 radical (unpaired) electrons. The van der Waals surface area contributed by atoms with E-state index in [1.165, 1.54) is 6.20 Å². The normalized spacial score (nSPS) is 11.1. The van der Waals surface area contributed by atoms with Crippen molar-refractivity contribution < 1.29 is 4.42 Å². The molecule has 5 heteroatoms. The van der Waals surface area contributed by atoms with Crippen LogP contribution in [0.5, 0.6) is 0 Å². The van der Waals surface area contributed by atoms with Crippen molar-refractivity contribution in [2.24, 2.45) is 0 Å². The molecule has 0 bridgehead atoms. The van der Waals surface area contributed by atoms with Crippen LogP contribution in [0.25, 0.3) is 21.9 Å². The largest absolute Gasteiger partial charge is 0.422 e. The Morgan fingerprint density at radius 2 is 2.18 bits per heavy atom. The van der Waals surface area contributed by atoms with Gasteiger partial charge in [-0.1, -0.05) is 12.1 Å². The molecule has 3 aromatic rings. The maximum atomic E-state index is 11.8. The molecule has 4 nitrogen and oxygen atoms in total. The van der Waals surface area contributed by atoms with Crippen molar-refractivity contribution in [1.29, 1.82) is 0 Å². The molecule has 0 saturated carbocycles. The quantitative estimate of drug-likeness (QED) is 0.375. The third kappa shape index (κ3) is 1.47. The molecule has 0 spiro atoms. The summed E-state index contributed by atoms with van der Waals surface area (Å²) in [7, 11) is 0. The SMILES string of the molecule is Cc1cccc2c1oc(=O)c1cnc(=S)[nH]c12. The maximum absolute atomic E-state index is 11.8. The van der Waals surface area contributed by atoms with E-state index in [1.807, 2.05) is 25.1 Å². The van der Waals surface area contributed by atoms with Crippen LogP contribution in [0.3, 0.4) is 0 Å². The summed E-state index contributed by atoms with van der Waals surface area (Å²) in [6, 6.07) is 5.69. The van der Waals surface area contributed by atoms with Gasteiger partial charge in [-0.25, -0.2) is 9.78 Å². The molecule has 0 atom stereocenters. The lowest BCUT2D eigenvalue weighted by Crippen LogP contribution is -2.02. The van der Waals surface area contributed by atoms with Gasteiger partial charge < -0.3 is 9.40 Å². The summed E-state index contributed by atoms with van der Waals surface area (Å²) >= 11 is 4.98. The summed E-state index contributed by atoms with van der Waals surface area (Å²) in [5.74, 6) is 0. The van der Waals surface area contributed by atoms with Crippen molar-refractivity contribution in [3.05, 3.63) is 45.2 Å². The summed E-state index contributed by atoms with van der Waals surface area (Å²) in [5, 5.41) is 1.25. The number of para-hydroxylation sites is 1. The van der Waals surface area contributed by atoms with Crippen molar-refractivity contribution in [3.63, 3.8) is 0 Å². The van der Waals surface area contributed by atoms with Gasteiger partial charge in [0.2, 0.25) is 0 Å². The Bertz CT molecular complexity index is 848. The molecule has 3 rings (SSSR count). The van der Waals surface area contributed by atoms with E-state index in [0.29, 0.717) is 21.3 Å². The predicted molar refractivity (Wildman–Crippen MR) is 67.7 cm³/mol. The Labute approximate surface area is 101 Å². The van der Waals surface area contributed by atoms with Crippen LogP contribution in [0.15, 0.2) is 33.6 Å². The number of nitrogens with one attached hydrogen (secondary N) is 1. The lowest BCUT2D eigenvalue weighted by molar-refractivity contribution is 0.566. The van der Waals surface area contributed by atoms with Gasteiger partial charge in [0.1, 0.15) is 11.0 Å². The molecule has 84 valence electrons. The van der Waals surface area contributed by atoms with Crippen molar-refractivity contribution in [3.8, 4) is 0 Å². The molecule has 2 heterocycles. The molecule has 17 heavy (non-hydrogen) atoms. The minimum Gasteiger partial charge on any atom is -0.422 e. The second kappa shape index (κ2) is 3.49. The van der Waals surface area contributed by atoms with E-state index in [4.69, 9.17) is 16.6 Å². The van der Waals surface area contributed by atoms with Gasteiger partial charge >= 0.3 is 5.63 Å². The molecule has 0 fully saturated rings. The van der Waals surface area contributed by atoms with Gasteiger partial charge in [-0.15, -0.1) is 0 Å². The first-order chi connectivity index (χ1) is 8.16. The second-order valence-corrected chi connectivity index (χ2v) is 4.20. The minimum atomic E-state index is -0.402. The molecule has 0 aliphatic heterocycles. The fourth-order valence-corrected chi connectivity index (χ4v) is 2.05. The highest BCUT2D eigenvalue weighted by Gasteiger charge is 2.09. The monoisotopic (exact) mass is 244 g/mol. The highest BCUT2D eigenvalue weighted by Crippen LogP contribution is 2.22. The fourth-order valence-electron chi connectivity index (χ4n) is 1.89. The number of hydrogen-bond acceptors (Lipinski definition) is 4. The third-order valence-electron chi connectivity index (χ3n) is 2.71. The maximum Gasteiger partial charge on any atom is 0.347 e. The van der Waals surface area contributed by atoms with Gasteiger partial charge in [0.15, 0.2) is 4.77 Å².